The summed E-state index contributed by atoms with van der Waals surface area (Å²) in [7, 11) is 0. The minimum atomic E-state index is 0.495. The van der Waals surface area contributed by atoms with Crippen molar-refractivity contribution >= 4 is 18.4 Å². The van der Waals surface area contributed by atoms with E-state index in [1.54, 1.807) is 10.9 Å². The van der Waals surface area contributed by atoms with Crippen LogP contribution in [0.1, 0.15) is 22.5 Å². The number of nitrogens with one attached hydrogen (secondary N) is 1. The fraction of sp³-hybridized carbons (Fsp3) is 0.118. The van der Waals surface area contributed by atoms with Crippen LogP contribution in [0.2, 0.25) is 0 Å². The van der Waals surface area contributed by atoms with E-state index in [9.17, 15) is 0 Å². The maximum atomic E-state index is 5.26. The minimum absolute atomic E-state index is 0.495. The van der Waals surface area contributed by atoms with Gasteiger partial charge in [-0.25, -0.2) is 0 Å². The number of H-pyrrole nitrogens is 1. The molecule has 1 N–H and O–H groups in total. The average Bonchev–Trinajstić information content (AvgIpc) is 2.88. The standard InChI is InChI=1S/C17H16N4S/c1-13-7-9-15(10-8-13)12-18-21-16(19-20-17(21)22)11-14-5-3-2-4-6-14/h2-10,12H,11H2,1H3,(H,20,22)/b18-12-. The van der Waals surface area contributed by atoms with Gasteiger partial charge in [-0.3, -0.25) is 5.10 Å². The normalized spacial score (nSPS) is 11.1. The van der Waals surface area contributed by atoms with Gasteiger partial charge in [-0.15, -0.1) is 0 Å². The van der Waals surface area contributed by atoms with Crippen LogP contribution < -0.4 is 0 Å². The number of nitrogens with zero attached hydrogens (tertiary/aromatic N) is 3. The van der Waals surface area contributed by atoms with Crippen molar-refractivity contribution in [3.63, 3.8) is 0 Å². The van der Waals surface area contributed by atoms with Crippen LogP contribution in [0.5, 0.6) is 0 Å². The third-order valence-electron chi connectivity index (χ3n) is 3.32. The van der Waals surface area contributed by atoms with Crippen LogP contribution in [0.3, 0.4) is 0 Å². The first-order valence-corrected chi connectivity index (χ1v) is 7.44. The van der Waals surface area contributed by atoms with Crippen LogP contribution in [-0.4, -0.2) is 21.1 Å². The molecule has 2 aromatic carbocycles. The summed E-state index contributed by atoms with van der Waals surface area (Å²) in [6, 6.07) is 18.3. The third-order valence-corrected chi connectivity index (χ3v) is 3.59. The van der Waals surface area contributed by atoms with Crippen molar-refractivity contribution in [1.29, 1.82) is 0 Å². The van der Waals surface area contributed by atoms with Crippen LogP contribution >= 0.6 is 12.2 Å². The minimum Gasteiger partial charge on any atom is -0.250 e. The topological polar surface area (TPSA) is 46.0 Å². The highest BCUT2D eigenvalue weighted by atomic mass is 32.1. The lowest BCUT2D eigenvalue weighted by atomic mass is 10.1. The zero-order chi connectivity index (χ0) is 15.4. The second-order valence-electron chi connectivity index (χ2n) is 5.07. The van der Waals surface area contributed by atoms with Crippen molar-refractivity contribution in [3.8, 4) is 0 Å². The van der Waals surface area contributed by atoms with Crippen molar-refractivity contribution in [1.82, 2.24) is 14.9 Å². The first kappa shape index (κ1) is 14.4. The van der Waals surface area contributed by atoms with E-state index >= 15 is 0 Å². The summed E-state index contributed by atoms with van der Waals surface area (Å²) < 4.78 is 2.16. The predicted molar refractivity (Wildman–Crippen MR) is 90.8 cm³/mol. The van der Waals surface area contributed by atoms with Crippen LogP contribution in [0.15, 0.2) is 59.7 Å². The zero-order valence-corrected chi connectivity index (χ0v) is 13.0. The molecule has 0 unspecified atom stereocenters. The molecule has 0 aliphatic carbocycles. The van der Waals surface area contributed by atoms with Gasteiger partial charge in [0.15, 0.2) is 5.82 Å². The molecule has 4 nitrogen and oxygen atoms in total. The summed E-state index contributed by atoms with van der Waals surface area (Å²) in [5, 5.41) is 11.5. The third kappa shape index (κ3) is 3.38. The summed E-state index contributed by atoms with van der Waals surface area (Å²) in [6.07, 6.45) is 2.47. The number of benzene rings is 2. The molecule has 0 aliphatic rings. The molecule has 0 radical (unpaired) electrons. The smallest absolute Gasteiger partial charge is 0.216 e. The Hall–Kier alpha value is -2.53. The number of aromatic amines is 1. The lowest BCUT2D eigenvalue weighted by Gasteiger charge is -2.01. The Balaban J connectivity index is 1.86. The van der Waals surface area contributed by atoms with E-state index < -0.39 is 0 Å². The quantitative estimate of drug-likeness (QED) is 0.590. The highest BCUT2D eigenvalue weighted by Gasteiger charge is 2.05. The molecule has 0 amide bonds. The molecule has 0 fully saturated rings. The van der Waals surface area contributed by atoms with E-state index in [-0.39, 0.29) is 0 Å². The summed E-state index contributed by atoms with van der Waals surface area (Å²) >= 11 is 5.26. The molecule has 0 saturated carbocycles. The first-order valence-electron chi connectivity index (χ1n) is 7.03. The van der Waals surface area contributed by atoms with Crippen molar-refractivity contribution < 1.29 is 0 Å². The molecule has 3 rings (SSSR count). The molecule has 0 saturated heterocycles. The molecule has 110 valence electrons. The summed E-state index contributed by atoms with van der Waals surface area (Å²) in [5.74, 6) is 0.791. The van der Waals surface area contributed by atoms with Crippen molar-refractivity contribution in [2.45, 2.75) is 13.3 Å². The Morgan fingerprint density at radius 2 is 1.86 bits per heavy atom. The monoisotopic (exact) mass is 308 g/mol. The Bertz CT molecular complexity index is 829. The van der Waals surface area contributed by atoms with Gasteiger partial charge in [0.2, 0.25) is 4.77 Å². The molecule has 1 heterocycles. The van der Waals surface area contributed by atoms with Gasteiger partial charge < -0.3 is 0 Å². The van der Waals surface area contributed by atoms with Crippen molar-refractivity contribution in [2.24, 2.45) is 5.10 Å². The van der Waals surface area contributed by atoms with Gasteiger partial charge in [-0.05, 0) is 30.3 Å². The molecule has 3 aromatic rings. The molecule has 0 atom stereocenters. The van der Waals surface area contributed by atoms with Gasteiger partial charge in [0.25, 0.3) is 0 Å². The molecule has 22 heavy (non-hydrogen) atoms. The van der Waals surface area contributed by atoms with Gasteiger partial charge in [-0.2, -0.15) is 14.9 Å². The number of hydrogen-bond acceptors (Lipinski definition) is 3. The van der Waals surface area contributed by atoms with Gasteiger partial charge >= 0.3 is 0 Å². The second kappa shape index (κ2) is 6.49. The van der Waals surface area contributed by atoms with Crippen molar-refractivity contribution in [2.75, 3.05) is 0 Å². The fourth-order valence-corrected chi connectivity index (χ4v) is 2.31. The highest BCUT2D eigenvalue weighted by molar-refractivity contribution is 7.71. The Kier molecular flexibility index (Phi) is 4.25. The molecular weight excluding hydrogens is 292 g/mol. The zero-order valence-electron chi connectivity index (χ0n) is 12.2. The fourth-order valence-electron chi connectivity index (χ4n) is 2.11. The van der Waals surface area contributed by atoms with Crippen molar-refractivity contribution in [3.05, 3.63) is 81.9 Å². The number of aromatic nitrogens is 3. The maximum absolute atomic E-state index is 5.26. The summed E-state index contributed by atoms with van der Waals surface area (Å²) in [5.41, 5.74) is 3.42. The summed E-state index contributed by atoms with van der Waals surface area (Å²) in [4.78, 5) is 0. The second-order valence-corrected chi connectivity index (χ2v) is 5.46. The summed E-state index contributed by atoms with van der Waals surface area (Å²) in [6.45, 7) is 2.06. The number of hydrogen-bond donors (Lipinski definition) is 1. The van der Waals surface area contributed by atoms with Crippen LogP contribution in [0.4, 0.5) is 0 Å². The van der Waals surface area contributed by atoms with Gasteiger partial charge in [0, 0.05) is 6.42 Å². The van der Waals surface area contributed by atoms with E-state index in [1.165, 1.54) is 11.1 Å². The van der Waals surface area contributed by atoms with Gasteiger partial charge in [-0.1, -0.05) is 60.2 Å². The van der Waals surface area contributed by atoms with Crippen LogP contribution in [0, 0.1) is 11.7 Å². The van der Waals surface area contributed by atoms with E-state index in [0.717, 1.165) is 11.4 Å². The number of rotatable bonds is 4. The Morgan fingerprint density at radius 3 is 2.59 bits per heavy atom. The predicted octanol–water partition coefficient (Wildman–Crippen LogP) is 3.72. The van der Waals surface area contributed by atoms with Crippen LogP contribution in [-0.2, 0) is 6.42 Å². The Morgan fingerprint density at radius 1 is 1.14 bits per heavy atom. The van der Waals surface area contributed by atoms with Gasteiger partial charge in [0.05, 0.1) is 6.21 Å². The van der Waals surface area contributed by atoms with E-state index in [0.29, 0.717) is 11.2 Å². The average molecular weight is 308 g/mol. The van der Waals surface area contributed by atoms with E-state index in [2.05, 4.69) is 46.5 Å². The molecular formula is C17H16N4S. The molecule has 0 aliphatic heterocycles. The molecule has 0 bridgehead atoms. The first-order chi connectivity index (χ1) is 10.7. The largest absolute Gasteiger partial charge is 0.250 e. The molecule has 1 aromatic heterocycles. The molecule has 5 heteroatoms. The SMILES string of the molecule is Cc1ccc(/C=N\n2c(Cc3ccccc3)n[nH]c2=S)cc1. The highest BCUT2D eigenvalue weighted by Crippen LogP contribution is 2.08. The Labute approximate surface area is 134 Å². The van der Waals surface area contributed by atoms with Crippen LogP contribution in [0.25, 0.3) is 0 Å². The number of aryl methyl sites for hydroxylation is 1. The lowest BCUT2D eigenvalue weighted by Crippen LogP contribution is -2.00. The lowest BCUT2D eigenvalue weighted by molar-refractivity contribution is 0.792. The van der Waals surface area contributed by atoms with Gasteiger partial charge in [0.1, 0.15) is 0 Å². The van der Waals surface area contributed by atoms with E-state index in [4.69, 9.17) is 12.2 Å². The maximum Gasteiger partial charge on any atom is 0.216 e. The van der Waals surface area contributed by atoms with E-state index in [1.807, 2.05) is 30.3 Å². The molecule has 0 spiro atoms.